The Morgan fingerprint density at radius 1 is 1.36 bits per heavy atom. The quantitative estimate of drug-likeness (QED) is 0.562. The minimum atomic E-state index is -0.552. The van der Waals surface area contributed by atoms with Crippen molar-refractivity contribution in [3.8, 4) is 0 Å². The number of amides is 3. The maximum atomic E-state index is 12.5. The lowest BCUT2D eigenvalue weighted by Gasteiger charge is -2.26. The van der Waals surface area contributed by atoms with Crippen LogP contribution in [0.4, 0.5) is 21.0 Å². The molecule has 0 saturated carbocycles. The average molecular weight is 366 g/mol. The van der Waals surface area contributed by atoms with E-state index in [4.69, 9.17) is 10.5 Å². The topological polar surface area (TPSA) is 96.7 Å². The van der Waals surface area contributed by atoms with E-state index in [2.05, 4.69) is 10.0 Å². The van der Waals surface area contributed by atoms with Gasteiger partial charge in [0, 0.05) is 24.5 Å². The summed E-state index contributed by atoms with van der Waals surface area (Å²) in [6.45, 7) is 8.49. The van der Waals surface area contributed by atoms with E-state index in [0.717, 1.165) is 23.2 Å². The lowest BCUT2D eigenvalue weighted by molar-refractivity contribution is 0.0584. The molecule has 138 valence electrons. The number of urea groups is 1. The van der Waals surface area contributed by atoms with Crippen molar-refractivity contribution in [3.05, 3.63) is 23.3 Å². The Morgan fingerprint density at radius 3 is 2.72 bits per heavy atom. The van der Waals surface area contributed by atoms with E-state index in [1.807, 2.05) is 39.8 Å². The monoisotopic (exact) mass is 366 g/mol. The average Bonchev–Trinajstić information content (AvgIpc) is 2.93. The van der Waals surface area contributed by atoms with Crippen LogP contribution in [-0.2, 0) is 11.2 Å². The molecule has 0 aromatic heterocycles. The molecule has 7 nitrogen and oxygen atoms in total. The highest BCUT2D eigenvalue weighted by Gasteiger charge is 2.31. The number of ether oxygens (including phenoxy) is 1. The number of fused-ring (bicyclic) bond motifs is 1. The fraction of sp³-hybridized carbons (Fsp3) is 0.529. The van der Waals surface area contributed by atoms with Gasteiger partial charge in [-0.05, 0) is 63.3 Å². The lowest BCUT2D eigenvalue weighted by Crippen LogP contribution is -2.36. The molecule has 0 fully saturated rings. The van der Waals surface area contributed by atoms with Gasteiger partial charge in [0.1, 0.15) is 5.60 Å². The van der Waals surface area contributed by atoms with Crippen LogP contribution in [-0.4, -0.2) is 36.6 Å². The molecule has 0 radical (unpaired) electrons. The Bertz CT molecular complexity index is 658. The maximum Gasteiger partial charge on any atom is 0.414 e. The zero-order chi connectivity index (χ0) is 18.6. The molecule has 1 heterocycles. The first-order valence-electron chi connectivity index (χ1n) is 8.25. The fourth-order valence-electron chi connectivity index (χ4n) is 2.64. The van der Waals surface area contributed by atoms with Gasteiger partial charge in [-0.2, -0.15) is 0 Å². The van der Waals surface area contributed by atoms with Gasteiger partial charge in [-0.1, -0.05) is 6.07 Å². The van der Waals surface area contributed by atoms with E-state index in [1.54, 1.807) is 4.90 Å². The maximum absolute atomic E-state index is 12.5. The van der Waals surface area contributed by atoms with E-state index in [-0.39, 0.29) is 12.1 Å². The molecule has 0 aliphatic carbocycles. The summed E-state index contributed by atoms with van der Waals surface area (Å²) in [6.07, 6.45) is 0.406. The zero-order valence-electron chi connectivity index (χ0n) is 15.1. The second-order valence-corrected chi connectivity index (χ2v) is 7.72. The number of nitrogens with zero attached hydrogens (tertiary/aromatic N) is 1. The van der Waals surface area contributed by atoms with Gasteiger partial charge in [-0.3, -0.25) is 9.62 Å². The van der Waals surface area contributed by atoms with Crippen LogP contribution in [0.2, 0.25) is 0 Å². The van der Waals surface area contributed by atoms with Crippen molar-refractivity contribution in [2.45, 2.75) is 39.7 Å². The third-order valence-electron chi connectivity index (χ3n) is 3.64. The molecule has 0 bridgehead atoms. The molecular formula is C17H26N4O3S. The van der Waals surface area contributed by atoms with Crippen LogP contribution >= 0.6 is 11.9 Å². The normalized spacial score (nSPS) is 13.4. The lowest BCUT2D eigenvalue weighted by atomic mass is 10.1. The number of hydrogen-bond donors (Lipinski definition) is 3. The van der Waals surface area contributed by atoms with Crippen LogP contribution in [0.5, 0.6) is 0 Å². The Balaban J connectivity index is 2.16. The number of hydrogen-bond acceptors (Lipinski definition) is 5. The van der Waals surface area contributed by atoms with Crippen LogP contribution < -0.4 is 20.7 Å². The first-order valence-corrected chi connectivity index (χ1v) is 9.23. The van der Waals surface area contributed by atoms with Gasteiger partial charge in [-0.25, -0.2) is 9.59 Å². The van der Waals surface area contributed by atoms with Crippen LogP contribution in [0.3, 0.4) is 0 Å². The van der Waals surface area contributed by atoms with Crippen molar-refractivity contribution < 1.29 is 14.3 Å². The van der Waals surface area contributed by atoms with Crippen molar-refractivity contribution in [3.63, 3.8) is 0 Å². The summed E-state index contributed by atoms with van der Waals surface area (Å²) >= 11 is 1.25. The first kappa shape index (κ1) is 19.4. The molecule has 0 saturated heterocycles. The highest BCUT2D eigenvalue weighted by Crippen LogP contribution is 2.36. The highest BCUT2D eigenvalue weighted by atomic mass is 32.2. The fourth-order valence-corrected chi connectivity index (χ4v) is 3.04. The van der Waals surface area contributed by atoms with Crippen molar-refractivity contribution in [1.29, 1.82) is 0 Å². The summed E-state index contributed by atoms with van der Waals surface area (Å²) in [5.74, 6) is 0.642. The van der Waals surface area contributed by atoms with Gasteiger partial charge in [-0.15, -0.1) is 0 Å². The van der Waals surface area contributed by atoms with Crippen LogP contribution in [0.1, 0.15) is 31.9 Å². The number of carbonyl (C=O) groups excluding carboxylic acids is 2. The SMILES string of the molecule is Cc1c(NC(=O)NSCCN)ccc2c1N(C(=O)OC(C)(C)C)CC2. The highest BCUT2D eigenvalue weighted by molar-refractivity contribution is 7.97. The van der Waals surface area contributed by atoms with Gasteiger partial charge in [0.05, 0.1) is 5.69 Å². The number of rotatable bonds is 4. The van der Waals surface area contributed by atoms with E-state index in [0.29, 0.717) is 24.5 Å². The summed E-state index contributed by atoms with van der Waals surface area (Å²) in [5.41, 5.74) is 8.26. The summed E-state index contributed by atoms with van der Waals surface area (Å²) in [7, 11) is 0. The zero-order valence-corrected chi connectivity index (χ0v) is 16.0. The predicted octanol–water partition coefficient (Wildman–Crippen LogP) is 3.02. The van der Waals surface area contributed by atoms with E-state index in [9.17, 15) is 9.59 Å². The molecule has 8 heteroatoms. The van der Waals surface area contributed by atoms with Gasteiger partial charge >= 0.3 is 12.1 Å². The summed E-state index contributed by atoms with van der Waals surface area (Å²) in [4.78, 5) is 26.1. The van der Waals surface area contributed by atoms with E-state index in [1.165, 1.54) is 11.9 Å². The Hall–Kier alpha value is -1.93. The van der Waals surface area contributed by atoms with Crippen LogP contribution in [0, 0.1) is 6.92 Å². The molecule has 1 aliphatic heterocycles. The Labute approximate surface area is 152 Å². The predicted molar refractivity (Wildman–Crippen MR) is 102 cm³/mol. The molecule has 0 atom stereocenters. The van der Waals surface area contributed by atoms with E-state index >= 15 is 0 Å². The summed E-state index contributed by atoms with van der Waals surface area (Å²) in [6, 6.07) is 3.48. The smallest absolute Gasteiger partial charge is 0.414 e. The van der Waals surface area contributed by atoms with Crippen molar-refractivity contribution in [1.82, 2.24) is 4.72 Å². The number of nitrogens with two attached hydrogens (primary N) is 1. The second kappa shape index (κ2) is 7.97. The van der Waals surface area contributed by atoms with Crippen molar-refractivity contribution >= 4 is 35.4 Å². The minimum Gasteiger partial charge on any atom is -0.443 e. The van der Waals surface area contributed by atoms with Crippen molar-refractivity contribution in [2.75, 3.05) is 29.1 Å². The molecule has 25 heavy (non-hydrogen) atoms. The third-order valence-corrected chi connectivity index (χ3v) is 4.41. The number of nitrogens with one attached hydrogen (secondary N) is 2. The number of carbonyl (C=O) groups is 2. The molecule has 1 aromatic carbocycles. The summed E-state index contributed by atoms with van der Waals surface area (Å²) in [5, 5.41) is 2.82. The largest absolute Gasteiger partial charge is 0.443 e. The van der Waals surface area contributed by atoms with Crippen LogP contribution in [0.15, 0.2) is 12.1 Å². The second-order valence-electron chi connectivity index (χ2n) is 6.82. The number of benzene rings is 1. The Kier molecular flexibility index (Phi) is 6.18. The van der Waals surface area contributed by atoms with Crippen LogP contribution in [0.25, 0.3) is 0 Å². The van der Waals surface area contributed by atoms with Gasteiger partial charge in [0.2, 0.25) is 0 Å². The molecule has 2 rings (SSSR count). The Morgan fingerprint density at radius 2 is 2.08 bits per heavy atom. The molecule has 1 aromatic rings. The molecular weight excluding hydrogens is 340 g/mol. The number of anilines is 2. The first-order chi connectivity index (χ1) is 11.7. The minimum absolute atomic E-state index is 0.316. The van der Waals surface area contributed by atoms with Crippen molar-refractivity contribution in [2.24, 2.45) is 5.73 Å². The molecule has 3 amide bonds. The summed E-state index contributed by atoms with van der Waals surface area (Å²) < 4.78 is 8.17. The van der Waals surface area contributed by atoms with Gasteiger partial charge in [0.25, 0.3) is 0 Å². The molecule has 0 unspecified atom stereocenters. The van der Waals surface area contributed by atoms with E-state index < -0.39 is 5.60 Å². The van der Waals surface area contributed by atoms with Gasteiger partial charge in [0.15, 0.2) is 0 Å². The third kappa shape index (κ3) is 5.02. The standard InChI is InChI=1S/C17H26N4O3S/c1-11-13(19-15(22)20-25-10-8-18)6-5-12-7-9-21(14(11)12)16(23)24-17(2,3)4/h5-6H,7-10,18H2,1-4H3,(H2,19,20,22). The molecule has 1 aliphatic rings. The molecule has 0 spiro atoms. The van der Waals surface area contributed by atoms with Gasteiger partial charge < -0.3 is 15.8 Å². The molecule has 4 N–H and O–H groups in total.